The van der Waals surface area contributed by atoms with Gasteiger partial charge in [0.25, 0.3) is 5.91 Å². The molecule has 0 bridgehead atoms. The minimum atomic E-state index is -0.842. The van der Waals surface area contributed by atoms with E-state index in [9.17, 15) is 9.59 Å². The number of hydrogen-bond donors (Lipinski definition) is 2. The third-order valence-corrected chi connectivity index (χ3v) is 4.85. The van der Waals surface area contributed by atoms with E-state index in [1.54, 1.807) is 0 Å². The number of para-hydroxylation sites is 1. The largest absolute Gasteiger partial charge is 0.481 e. The van der Waals surface area contributed by atoms with Crippen molar-refractivity contribution in [2.45, 2.75) is 19.3 Å². The molecule has 2 N–H and O–H groups in total. The van der Waals surface area contributed by atoms with Gasteiger partial charge in [0, 0.05) is 23.6 Å². The molecular formula is C17H19N3O3S. The van der Waals surface area contributed by atoms with E-state index in [4.69, 9.17) is 5.11 Å². The molecule has 0 unspecified atom stereocenters. The molecule has 1 aromatic carbocycles. The highest BCUT2D eigenvalue weighted by molar-refractivity contribution is 7.99. The Labute approximate surface area is 144 Å². The van der Waals surface area contributed by atoms with Crippen LogP contribution in [0.5, 0.6) is 0 Å². The lowest BCUT2D eigenvalue weighted by Crippen LogP contribution is -2.27. The van der Waals surface area contributed by atoms with Crippen LogP contribution in [0.2, 0.25) is 0 Å². The zero-order chi connectivity index (χ0) is 16.9. The zero-order valence-electron chi connectivity index (χ0n) is 13.2. The first kappa shape index (κ1) is 16.6. The van der Waals surface area contributed by atoms with Gasteiger partial charge in [-0.3, -0.25) is 9.59 Å². The Balaban J connectivity index is 1.70. The number of nitrogens with zero attached hydrogens (tertiary/aromatic N) is 2. The molecule has 1 aromatic heterocycles. The van der Waals surface area contributed by atoms with Gasteiger partial charge in [-0.2, -0.15) is 5.10 Å². The number of fused-ring (bicyclic) bond motifs is 1. The van der Waals surface area contributed by atoms with Crippen molar-refractivity contribution < 1.29 is 14.7 Å². The van der Waals surface area contributed by atoms with Gasteiger partial charge in [0.2, 0.25) is 0 Å². The number of carbonyl (C=O) groups excluding carboxylic acids is 1. The van der Waals surface area contributed by atoms with Gasteiger partial charge in [0.05, 0.1) is 11.4 Å². The van der Waals surface area contributed by atoms with Crippen LogP contribution in [0.4, 0.5) is 0 Å². The second-order valence-electron chi connectivity index (χ2n) is 5.58. The first-order chi connectivity index (χ1) is 11.7. The topological polar surface area (TPSA) is 84.2 Å². The normalized spacial score (nSPS) is 12.8. The standard InChI is InChI=1S/C17H19N3O3S/c21-15(22)11-24-10-9-18-17(23)16-13-7-4-8-14(13)20(19-16)12-5-2-1-3-6-12/h1-3,5-6H,4,7-11H2,(H,18,23)(H,21,22). The molecule has 1 aliphatic carbocycles. The van der Waals surface area contributed by atoms with Crippen LogP contribution in [-0.4, -0.2) is 44.8 Å². The highest BCUT2D eigenvalue weighted by Crippen LogP contribution is 2.27. The summed E-state index contributed by atoms with van der Waals surface area (Å²) in [5, 5.41) is 16.0. The van der Waals surface area contributed by atoms with E-state index in [0.29, 0.717) is 18.0 Å². The van der Waals surface area contributed by atoms with Crippen LogP contribution >= 0.6 is 11.8 Å². The molecule has 0 radical (unpaired) electrons. The van der Waals surface area contributed by atoms with Crippen molar-refractivity contribution >= 4 is 23.6 Å². The smallest absolute Gasteiger partial charge is 0.313 e. The summed E-state index contributed by atoms with van der Waals surface area (Å²) >= 11 is 1.29. The molecule has 1 heterocycles. The highest BCUT2D eigenvalue weighted by atomic mass is 32.2. The first-order valence-electron chi connectivity index (χ1n) is 7.90. The van der Waals surface area contributed by atoms with Gasteiger partial charge in [-0.1, -0.05) is 18.2 Å². The van der Waals surface area contributed by atoms with Crippen LogP contribution in [0.3, 0.4) is 0 Å². The van der Waals surface area contributed by atoms with E-state index in [-0.39, 0.29) is 11.7 Å². The molecule has 1 aliphatic rings. The van der Waals surface area contributed by atoms with Gasteiger partial charge in [-0.15, -0.1) is 11.8 Å². The fourth-order valence-corrected chi connectivity index (χ4v) is 3.45. The number of carbonyl (C=O) groups is 2. The minimum absolute atomic E-state index is 0.0495. The number of thioether (sulfide) groups is 1. The van der Waals surface area contributed by atoms with Crippen LogP contribution in [0.15, 0.2) is 30.3 Å². The Bertz CT molecular complexity index is 743. The van der Waals surface area contributed by atoms with Crippen molar-refractivity contribution in [1.29, 1.82) is 0 Å². The van der Waals surface area contributed by atoms with Gasteiger partial charge in [-0.05, 0) is 31.4 Å². The molecule has 0 spiro atoms. The fourth-order valence-electron chi connectivity index (χ4n) is 2.88. The lowest BCUT2D eigenvalue weighted by Gasteiger charge is -2.05. The van der Waals surface area contributed by atoms with Gasteiger partial charge in [0.15, 0.2) is 5.69 Å². The maximum atomic E-state index is 12.4. The van der Waals surface area contributed by atoms with Crippen molar-refractivity contribution in [2.75, 3.05) is 18.1 Å². The molecule has 0 aliphatic heterocycles. The average molecular weight is 345 g/mol. The molecule has 126 valence electrons. The molecule has 0 atom stereocenters. The average Bonchev–Trinajstić information content (AvgIpc) is 3.17. The first-order valence-corrected chi connectivity index (χ1v) is 9.06. The van der Waals surface area contributed by atoms with E-state index < -0.39 is 5.97 Å². The highest BCUT2D eigenvalue weighted by Gasteiger charge is 2.26. The Hall–Kier alpha value is -2.28. The maximum absolute atomic E-state index is 12.4. The van der Waals surface area contributed by atoms with Crippen LogP contribution in [0.25, 0.3) is 5.69 Å². The van der Waals surface area contributed by atoms with Crippen LogP contribution in [0, 0.1) is 0 Å². The minimum Gasteiger partial charge on any atom is -0.481 e. The molecule has 2 aromatic rings. The van der Waals surface area contributed by atoms with Gasteiger partial charge in [0.1, 0.15) is 0 Å². The summed E-state index contributed by atoms with van der Waals surface area (Å²) in [5.41, 5.74) is 3.61. The second kappa shape index (κ2) is 7.53. The number of hydrogen-bond acceptors (Lipinski definition) is 4. The fraction of sp³-hybridized carbons (Fsp3) is 0.353. The SMILES string of the molecule is O=C(O)CSCCNC(=O)c1nn(-c2ccccc2)c2c1CCC2. The molecule has 3 rings (SSSR count). The number of rotatable bonds is 7. The van der Waals surface area contributed by atoms with Crippen molar-refractivity contribution in [3.63, 3.8) is 0 Å². The number of aromatic nitrogens is 2. The summed E-state index contributed by atoms with van der Waals surface area (Å²) in [6, 6.07) is 9.83. The number of carboxylic acids is 1. The molecular weight excluding hydrogens is 326 g/mol. The van der Waals surface area contributed by atoms with Crippen LogP contribution in [0.1, 0.15) is 28.2 Å². The van der Waals surface area contributed by atoms with Gasteiger partial charge < -0.3 is 10.4 Å². The van der Waals surface area contributed by atoms with Crippen molar-refractivity contribution in [3.05, 3.63) is 47.3 Å². The summed E-state index contributed by atoms with van der Waals surface area (Å²) in [7, 11) is 0. The second-order valence-corrected chi connectivity index (χ2v) is 6.68. The summed E-state index contributed by atoms with van der Waals surface area (Å²) in [5.74, 6) is -0.405. The third kappa shape index (κ3) is 3.62. The van der Waals surface area contributed by atoms with E-state index in [1.807, 2.05) is 35.0 Å². The Morgan fingerprint density at radius 1 is 1.25 bits per heavy atom. The summed E-state index contributed by atoms with van der Waals surface area (Å²) in [6.07, 6.45) is 2.84. The lowest BCUT2D eigenvalue weighted by atomic mass is 10.2. The zero-order valence-corrected chi connectivity index (χ0v) is 14.0. The number of benzene rings is 1. The predicted molar refractivity (Wildman–Crippen MR) is 92.9 cm³/mol. The molecule has 1 amide bonds. The Morgan fingerprint density at radius 3 is 2.79 bits per heavy atom. The van der Waals surface area contributed by atoms with Crippen molar-refractivity contribution in [3.8, 4) is 5.69 Å². The molecule has 6 nitrogen and oxygen atoms in total. The van der Waals surface area contributed by atoms with Gasteiger partial charge in [-0.25, -0.2) is 4.68 Å². The van der Waals surface area contributed by atoms with E-state index >= 15 is 0 Å². The third-order valence-electron chi connectivity index (χ3n) is 3.90. The summed E-state index contributed by atoms with van der Waals surface area (Å²) < 4.78 is 1.87. The van der Waals surface area contributed by atoms with E-state index in [0.717, 1.165) is 36.2 Å². The number of aliphatic carboxylic acids is 1. The van der Waals surface area contributed by atoms with E-state index in [1.165, 1.54) is 11.8 Å². The predicted octanol–water partition coefficient (Wildman–Crippen LogP) is 1.91. The summed E-state index contributed by atoms with van der Waals surface area (Å²) in [4.78, 5) is 22.9. The van der Waals surface area contributed by atoms with E-state index in [2.05, 4.69) is 10.4 Å². The number of carboxylic acid groups (broad SMARTS) is 1. The summed E-state index contributed by atoms with van der Waals surface area (Å²) in [6.45, 7) is 0.434. The Morgan fingerprint density at radius 2 is 2.04 bits per heavy atom. The molecule has 0 fully saturated rings. The monoisotopic (exact) mass is 345 g/mol. The number of amides is 1. The number of nitrogens with one attached hydrogen (secondary N) is 1. The lowest BCUT2D eigenvalue weighted by molar-refractivity contribution is -0.133. The molecule has 0 saturated heterocycles. The quantitative estimate of drug-likeness (QED) is 0.749. The Kier molecular flexibility index (Phi) is 5.20. The van der Waals surface area contributed by atoms with Gasteiger partial charge >= 0.3 is 5.97 Å². The van der Waals surface area contributed by atoms with Crippen molar-refractivity contribution in [1.82, 2.24) is 15.1 Å². The molecule has 24 heavy (non-hydrogen) atoms. The maximum Gasteiger partial charge on any atom is 0.313 e. The van der Waals surface area contributed by atoms with Crippen molar-refractivity contribution in [2.24, 2.45) is 0 Å². The van der Waals surface area contributed by atoms with Crippen LogP contribution < -0.4 is 5.32 Å². The van der Waals surface area contributed by atoms with Crippen LogP contribution in [-0.2, 0) is 17.6 Å². The molecule has 0 saturated carbocycles. The molecule has 7 heteroatoms.